The lowest BCUT2D eigenvalue weighted by atomic mass is 9.73. The Kier molecular flexibility index (Phi) is 17.3. The van der Waals surface area contributed by atoms with E-state index in [1.54, 1.807) is 30.3 Å². The number of hydrogen-bond acceptors (Lipinski definition) is 15. The number of thioether (sulfide) groups is 1. The third-order valence-corrected chi connectivity index (χ3v) is 21.4. The number of alkyl halides is 3. The Labute approximate surface area is 507 Å². The highest BCUT2D eigenvalue weighted by Crippen LogP contribution is 2.44. The topological polar surface area (TPSA) is 209 Å². The number of halogens is 4. The monoisotopic (exact) mass is 1260 g/mol. The van der Waals surface area contributed by atoms with Crippen molar-refractivity contribution >= 4 is 89.8 Å². The second-order valence-electron chi connectivity index (χ2n) is 23.5. The van der Waals surface area contributed by atoms with E-state index in [0.717, 1.165) is 83.6 Å². The molecule has 0 saturated carbocycles. The molecule has 5 heterocycles. The van der Waals surface area contributed by atoms with Crippen LogP contribution in [0.3, 0.4) is 0 Å². The fourth-order valence-electron chi connectivity index (χ4n) is 12.5. The molecule has 25 heteroatoms. The number of sulfonamides is 1. The van der Waals surface area contributed by atoms with Gasteiger partial charge in [0.15, 0.2) is 0 Å². The second kappa shape index (κ2) is 24.4. The highest BCUT2D eigenvalue weighted by atomic mass is 35.5. The van der Waals surface area contributed by atoms with E-state index in [9.17, 15) is 54.0 Å². The minimum Gasteiger partial charge on any atom is -0.380 e. The number of hydrogen-bond donors (Lipinski definition) is 3. The largest absolute Gasteiger partial charge is 0.501 e. The molecule has 4 saturated heterocycles. The van der Waals surface area contributed by atoms with Crippen molar-refractivity contribution in [3.8, 4) is 0 Å². The number of rotatable bonds is 19. The summed E-state index contributed by atoms with van der Waals surface area (Å²) in [6.45, 7) is 10.6. The Morgan fingerprint density at radius 3 is 2.17 bits per heavy atom. The first-order valence-corrected chi connectivity index (χ1v) is 32.8. The standard InChI is InChI=1S/C61H65ClF3N9O9S3/c1-60(2)23-20-50(40-9-13-43(62)14-10-40)42(33-60)35-69-26-28-70(29-27-69)45-15-11-41(12-16-45)56(76)68-86(82,83)49-17-19-53(54(32-49)85(80,81)61(63,64)65)66-44(38-84-48-6-4-3-5-7-48)21-24-71-36-47-31-46(71)37-72(47)34-39-8-18-51-52(30-39)58(78)74(57(51)77)73-25-22-55(75)67-59(73)79/h3-19,30,32,44,46-47,66H,20-29,31,33-38H2,1-2H3,(H,68,76)(H,67,75,79)/t44-,46+,47+/m1/s1. The number of amides is 6. The molecule has 454 valence electrons. The van der Waals surface area contributed by atoms with E-state index in [0.29, 0.717) is 56.8 Å². The maximum Gasteiger partial charge on any atom is 0.501 e. The van der Waals surface area contributed by atoms with E-state index < -0.39 is 76.5 Å². The lowest BCUT2D eigenvalue weighted by Crippen LogP contribution is -2.58. The molecule has 6 amide bonds. The minimum atomic E-state index is -6.16. The van der Waals surface area contributed by atoms with Crippen molar-refractivity contribution in [3.63, 3.8) is 0 Å². The maximum absolute atomic E-state index is 14.5. The second-order valence-corrected chi connectivity index (χ2v) is 28.7. The summed E-state index contributed by atoms with van der Waals surface area (Å²) in [5, 5.41) is 7.58. The van der Waals surface area contributed by atoms with Gasteiger partial charge in [-0.25, -0.2) is 31.4 Å². The van der Waals surface area contributed by atoms with Crippen LogP contribution in [0.2, 0.25) is 5.02 Å². The summed E-state index contributed by atoms with van der Waals surface area (Å²) in [4.78, 5) is 72.4. The van der Waals surface area contributed by atoms with Crippen molar-refractivity contribution in [3.05, 3.63) is 154 Å². The van der Waals surface area contributed by atoms with Gasteiger partial charge in [-0.2, -0.15) is 18.2 Å². The van der Waals surface area contributed by atoms with Gasteiger partial charge >= 0.3 is 11.5 Å². The fourth-order valence-corrected chi connectivity index (χ4v) is 15.7. The molecular weight excluding hydrogens is 1190 g/mol. The highest BCUT2D eigenvalue weighted by Gasteiger charge is 2.49. The first-order chi connectivity index (χ1) is 40.9. The van der Waals surface area contributed by atoms with E-state index in [-0.39, 0.29) is 52.9 Å². The molecule has 0 spiro atoms. The Morgan fingerprint density at radius 1 is 0.791 bits per heavy atom. The molecule has 5 aliphatic heterocycles. The number of nitrogens with zero attached hydrogens (tertiary/aromatic N) is 6. The molecule has 3 N–H and O–H groups in total. The number of sulfone groups is 1. The zero-order chi connectivity index (χ0) is 60.9. The van der Waals surface area contributed by atoms with Gasteiger partial charge in [0.25, 0.3) is 37.6 Å². The molecule has 0 radical (unpaired) electrons. The summed E-state index contributed by atoms with van der Waals surface area (Å²) in [5.74, 6) is -2.60. The Morgan fingerprint density at radius 2 is 1.49 bits per heavy atom. The molecule has 0 aromatic heterocycles. The van der Waals surface area contributed by atoms with Gasteiger partial charge in [-0.05, 0) is 133 Å². The van der Waals surface area contributed by atoms with Gasteiger partial charge in [0, 0.05) is 110 Å². The summed E-state index contributed by atoms with van der Waals surface area (Å²) in [5.41, 5.74) is -0.203. The van der Waals surface area contributed by atoms with Crippen LogP contribution in [0, 0.1) is 5.41 Å². The molecular formula is C61H65ClF3N9O9S3. The van der Waals surface area contributed by atoms with Crippen molar-refractivity contribution in [2.45, 2.75) is 97.2 Å². The van der Waals surface area contributed by atoms with Crippen molar-refractivity contribution in [1.29, 1.82) is 0 Å². The first kappa shape index (κ1) is 60.9. The molecule has 86 heavy (non-hydrogen) atoms. The number of benzene rings is 5. The zero-order valence-electron chi connectivity index (χ0n) is 47.3. The number of carbonyl (C=O) groups is 5. The van der Waals surface area contributed by atoms with Gasteiger partial charge < -0.3 is 10.2 Å². The van der Waals surface area contributed by atoms with Crippen molar-refractivity contribution in [2.24, 2.45) is 5.41 Å². The third kappa shape index (κ3) is 13.1. The molecule has 5 aromatic carbocycles. The molecule has 0 unspecified atom stereocenters. The Bertz CT molecular complexity index is 3740. The van der Waals surface area contributed by atoms with Gasteiger partial charge in [0.2, 0.25) is 5.91 Å². The number of fused-ring (bicyclic) bond motifs is 3. The molecule has 1 aliphatic carbocycles. The highest BCUT2D eigenvalue weighted by molar-refractivity contribution is 7.99. The van der Waals surface area contributed by atoms with Gasteiger partial charge in [0.05, 0.1) is 28.3 Å². The summed E-state index contributed by atoms with van der Waals surface area (Å²) in [6, 6.07) is 29.7. The molecule has 2 bridgehead atoms. The van der Waals surface area contributed by atoms with Crippen molar-refractivity contribution in [1.82, 2.24) is 34.8 Å². The van der Waals surface area contributed by atoms with Crippen LogP contribution >= 0.6 is 23.4 Å². The molecule has 18 nitrogen and oxygen atoms in total. The molecule has 6 aliphatic rings. The SMILES string of the molecule is CC1(C)CCC(c2ccc(Cl)cc2)=C(CN2CCN(c3ccc(C(=O)NS(=O)(=O)c4ccc(N[C@H](CCN5C[C@@H]6C[C@H]5CN6Cc5ccc6c(c5)C(=O)N(N5CCC(=O)NC5=O)C6=O)CSc5ccccc5)c(S(=O)(=O)C(F)(F)F)c4)cc3)CC2)C1. The van der Waals surface area contributed by atoms with E-state index in [2.05, 4.69) is 56.2 Å². The van der Waals surface area contributed by atoms with Crippen LogP contribution in [0.1, 0.15) is 94.6 Å². The zero-order valence-corrected chi connectivity index (χ0v) is 50.5. The number of piperazine rings is 2. The van der Waals surface area contributed by atoms with Crippen molar-refractivity contribution < 1.29 is 54.0 Å². The number of anilines is 2. The molecule has 3 atom stereocenters. The lowest BCUT2D eigenvalue weighted by molar-refractivity contribution is -0.122. The van der Waals surface area contributed by atoms with E-state index in [1.165, 1.54) is 40.6 Å². The fraction of sp³-hybridized carbons (Fsp3) is 0.393. The van der Waals surface area contributed by atoms with Crippen LogP contribution in [0.5, 0.6) is 0 Å². The van der Waals surface area contributed by atoms with Crippen molar-refractivity contribution in [2.75, 3.05) is 74.9 Å². The lowest BCUT2D eigenvalue weighted by Gasteiger charge is -2.39. The number of imide groups is 2. The average Bonchev–Trinajstić information content (AvgIpc) is 1.54. The van der Waals surface area contributed by atoms with Gasteiger partial charge in [-0.3, -0.25) is 39.2 Å². The number of likely N-dealkylation sites (tertiary alicyclic amines) is 2. The number of hydrazine groups is 1. The van der Waals surface area contributed by atoms with Gasteiger partial charge in [-0.1, -0.05) is 67.4 Å². The van der Waals surface area contributed by atoms with Gasteiger partial charge in [0.1, 0.15) is 4.90 Å². The van der Waals surface area contributed by atoms with E-state index in [1.807, 2.05) is 47.2 Å². The number of nitrogens with one attached hydrogen (secondary N) is 3. The van der Waals surface area contributed by atoms with Crippen LogP contribution in [-0.2, 0) is 31.2 Å². The summed E-state index contributed by atoms with van der Waals surface area (Å²) in [6.07, 6.45) is 4.19. The van der Waals surface area contributed by atoms with Crippen LogP contribution in [0.15, 0.2) is 136 Å². The van der Waals surface area contributed by atoms with Crippen LogP contribution in [0.4, 0.5) is 29.3 Å². The Hall–Kier alpha value is -6.80. The molecule has 5 aromatic rings. The van der Waals surface area contributed by atoms with E-state index >= 15 is 0 Å². The summed E-state index contributed by atoms with van der Waals surface area (Å²) < 4.78 is 100. The number of carbonyl (C=O) groups excluding carboxylic acids is 5. The summed E-state index contributed by atoms with van der Waals surface area (Å²) in [7, 11) is -11.1. The van der Waals surface area contributed by atoms with E-state index in [4.69, 9.17) is 11.6 Å². The van der Waals surface area contributed by atoms with Crippen LogP contribution < -0.4 is 20.3 Å². The maximum atomic E-state index is 14.5. The predicted octanol–water partition coefficient (Wildman–Crippen LogP) is 8.91. The number of urea groups is 1. The average molecular weight is 1260 g/mol. The molecule has 4 fully saturated rings. The Balaban J connectivity index is 0.729. The third-order valence-electron chi connectivity index (χ3n) is 17.1. The molecule has 11 rings (SSSR count). The number of allylic oxidation sites excluding steroid dienone is 1. The van der Waals surface area contributed by atoms with Gasteiger partial charge in [-0.15, -0.1) is 11.8 Å². The minimum absolute atomic E-state index is 0.0348. The van der Waals surface area contributed by atoms with Crippen LogP contribution in [-0.4, -0.2) is 160 Å². The van der Waals surface area contributed by atoms with Crippen LogP contribution in [0.25, 0.3) is 5.57 Å². The smallest absolute Gasteiger partial charge is 0.380 e. The predicted molar refractivity (Wildman–Crippen MR) is 321 cm³/mol. The normalized spacial score (nSPS) is 20.8. The summed E-state index contributed by atoms with van der Waals surface area (Å²) >= 11 is 7.62. The first-order valence-electron chi connectivity index (χ1n) is 28.5. The quantitative estimate of drug-likeness (QED) is 0.0521.